The summed E-state index contributed by atoms with van der Waals surface area (Å²) in [5.41, 5.74) is 4.55. The predicted molar refractivity (Wildman–Crippen MR) is 159 cm³/mol. The van der Waals surface area contributed by atoms with Crippen molar-refractivity contribution in [3.8, 4) is 5.75 Å². The largest absolute Gasteiger partial charge is 0.488 e. The molecule has 39 heavy (non-hydrogen) atoms. The number of hydrogen-bond acceptors (Lipinski definition) is 6. The van der Waals surface area contributed by atoms with Crippen molar-refractivity contribution in [1.29, 1.82) is 0 Å². The fraction of sp³-hybridized carbons (Fsp3) is 0.226. The highest BCUT2D eigenvalue weighted by Crippen LogP contribution is 2.40. The number of carbonyl (C=O) groups is 1. The van der Waals surface area contributed by atoms with E-state index >= 15 is 0 Å². The third-order valence-electron chi connectivity index (χ3n) is 6.48. The smallest absolute Gasteiger partial charge is 0.341 e. The summed E-state index contributed by atoms with van der Waals surface area (Å²) in [4.78, 5) is 21.4. The van der Waals surface area contributed by atoms with Crippen LogP contribution in [0.1, 0.15) is 44.4 Å². The number of fused-ring (bicyclic) bond motifs is 1. The van der Waals surface area contributed by atoms with Crippen molar-refractivity contribution in [2.75, 3.05) is 13.2 Å². The Bertz CT molecular complexity index is 1490. The molecule has 0 bridgehead atoms. The van der Waals surface area contributed by atoms with Gasteiger partial charge in [0.25, 0.3) is 0 Å². The molecule has 0 spiro atoms. The monoisotopic (exact) mass is 578 g/mol. The molecule has 0 N–H and O–H groups in total. The second-order valence-electron chi connectivity index (χ2n) is 9.17. The first kappa shape index (κ1) is 27.4. The van der Waals surface area contributed by atoms with Gasteiger partial charge in [-0.15, -0.1) is 11.3 Å². The van der Waals surface area contributed by atoms with Crippen LogP contribution in [0.5, 0.6) is 5.75 Å². The third kappa shape index (κ3) is 6.71. The molecule has 4 aromatic rings. The summed E-state index contributed by atoms with van der Waals surface area (Å²) in [5, 5.41) is 1.80. The lowest BCUT2D eigenvalue weighted by molar-refractivity contribution is 0.0526. The molecule has 200 valence electrons. The Balaban J connectivity index is 1.38. The Kier molecular flexibility index (Phi) is 8.99. The highest BCUT2D eigenvalue weighted by atomic mass is 35.5. The first-order chi connectivity index (χ1) is 19.0. The Morgan fingerprint density at radius 2 is 1.87 bits per heavy atom. The number of para-hydroxylation sites is 1. The molecule has 0 aliphatic carbocycles. The first-order valence-electron chi connectivity index (χ1n) is 12.8. The summed E-state index contributed by atoms with van der Waals surface area (Å²) in [5.74, 6) is 0.348. The zero-order valence-electron chi connectivity index (χ0n) is 21.5. The van der Waals surface area contributed by atoms with Gasteiger partial charge < -0.3 is 9.47 Å². The predicted octanol–water partition coefficient (Wildman–Crippen LogP) is 8.12. The molecular formula is C31H28Cl2N2O3S. The molecule has 5 rings (SSSR count). The normalized spacial score (nSPS) is 13.4. The number of aliphatic imine (C=N–C) groups is 1. The van der Waals surface area contributed by atoms with Crippen molar-refractivity contribution in [3.05, 3.63) is 116 Å². The molecule has 0 saturated heterocycles. The molecule has 0 fully saturated rings. The first-order valence-corrected chi connectivity index (χ1v) is 14.4. The molecule has 1 aromatic heterocycles. The molecule has 0 amide bonds. The van der Waals surface area contributed by atoms with Gasteiger partial charge in [0, 0.05) is 51.9 Å². The minimum atomic E-state index is -0.319. The van der Waals surface area contributed by atoms with Crippen LogP contribution in [0.4, 0.5) is 5.00 Å². The SMILES string of the molecule is CCOC(=O)c1c(N=Cc2ccccc2OCc2ccc(Cl)cc2Cl)sc2c1CCN(Cc1ccccc1)C2. The molecule has 1 aliphatic heterocycles. The lowest BCUT2D eigenvalue weighted by atomic mass is 10.0. The molecule has 1 aliphatic rings. The van der Waals surface area contributed by atoms with Gasteiger partial charge in [-0.2, -0.15) is 0 Å². The van der Waals surface area contributed by atoms with E-state index in [1.54, 1.807) is 29.7 Å². The number of ether oxygens (including phenoxy) is 2. The van der Waals surface area contributed by atoms with E-state index in [9.17, 15) is 4.79 Å². The van der Waals surface area contributed by atoms with Crippen molar-refractivity contribution < 1.29 is 14.3 Å². The van der Waals surface area contributed by atoms with E-state index in [1.807, 2.05) is 43.3 Å². The standard InChI is InChI=1S/C31H28Cl2N2O3S/c1-2-37-31(36)29-25-14-15-35(18-21-8-4-3-5-9-21)19-28(25)39-30(29)34-17-22-10-6-7-11-27(22)38-20-23-12-13-24(32)16-26(23)33/h3-13,16-17H,2,14-15,18-20H2,1H3. The van der Waals surface area contributed by atoms with Gasteiger partial charge in [-0.25, -0.2) is 9.79 Å². The van der Waals surface area contributed by atoms with Gasteiger partial charge in [-0.3, -0.25) is 4.90 Å². The minimum absolute atomic E-state index is 0.291. The highest BCUT2D eigenvalue weighted by molar-refractivity contribution is 7.16. The quantitative estimate of drug-likeness (QED) is 0.148. The second kappa shape index (κ2) is 12.8. The van der Waals surface area contributed by atoms with Crippen LogP contribution in [0, 0.1) is 0 Å². The summed E-state index contributed by atoms with van der Waals surface area (Å²) >= 11 is 13.9. The molecular weight excluding hydrogens is 551 g/mol. The van der Waals surface area contributed by atoms with Crippen LogP contribution in [-0.4, -0.2) is 30.2 Å². The van der Waals surface area contributed by atoms with Crippen molar-refractivity contribution in [2.24, 2.45) is 4.99 Å². The van der Waals surface area contributed by atoms with Crippen LogP contribution in [0.15, 0.2) is 77.8 Å². The van der Waals surface area contributed by atoms with Gasteiger partial charge in [-0.1, -0.05) is 71.7 Å². The molecule has 5 nitrogen and oxygen atoms in total. The van der Waals surface area contributed by atoms with Crippen molar-refractivity contribution in [3.63, 3.8) is 0 Å². The molecule has 0 radical (unpaired) electrons. The van der Waals surface area contributed by atoms with Crippen LogP contribution in [0.25, 0.3) is 0 Å². The van der Waals surface area contributed by atoms with Crippen LogP contribution >= 0.6 is 34.5 Å². The average Bonchev–Trinajstić information content (AvgIpc) is 3.30. The Labute approximate surface area is 242 Å². The Hall–Kier alpha value is -3.16. The molecule has 8 heteroatoms. The van der Waals surface area contributed by atoms with E-state index in [2.05, 4.69) is 29.2 Å². The number of rotatable bonds is 9. The van der Waals surface area contributed by atoms with Crippen LogP contribution < -0.4 is 4.74 Å². The van der Waals surface area contributed by atoms with E-state index in [-0.39, 0.29) is 5.97 Å². The van der Waals surface area contributed by atoms with Crippen LogP contribution in [0.2, 0.25) is 10.0 Å². The number of nitrogens with zero attached hydrogens (tertiary/aromatic N) is 2. The van der Waals surface area contributed by atoms with E-state index in [0.717, 1.165) is 47.6 Å². The molecule has 0 atom stereocenters. The fourth-order valence-corrected chi connectivity index (χ4v) is 6.25. The van der Waals surface area contributed by atoms with Crippen LogP contribution in [-0.2, 0) is 30.9 Å². The number of esters is 1. The summed E-state index contributed by atoms with van der Waals surface area (Å²) in [6.45, 7) is 4.95. The van der Waals surface area contributed by atoms with Crippen molar-refractivity contribution in [2.45, 2.75) is 33.0 Å². The summed E-state index contributed by atoms with van der Waals surface area (Å²) in [7, 11) is 0. The fourth-order valence-electron chi connectivity index (χ4n) is 4.56. The topological polar surface area (TPSA) is 51.1 Å². The maximum atomic E-state index is 13.0. The summed E-state index contributed by atoms with van der Waals surface area (Å²) < 4.78 is 11.5. The van der Waals surface area contributed by atoms with Crippen molar-refractivity contribution >= 4 is 51.7 Å². The summed E-state index contributed by atoms with van der Waals surface area (Å²) in [6, 6.07) is 23.4. The summed E-state index contributed by atoms with van der Waals surface area (Å²) in [6.07, 6.45) is 2.53. The molecule has 3 aromatic carbocycles. The van der Waals surface area contributed by atoms with Gasteiger partial charge >= 0.3 is 5.97 Å². The van der Waals surface area contributed by atoms with E-state index in [4.69, 9.17) is 37.7 Å². The number of hydrogen-bond donors (Lipinski definition) is 0. The Morgan fingerprint density at radius 1 is 1.08 bits per heavy atom. The van der Waals surface area contributed by atoms with Gasteiger partial charge in [0.1, 0.15) is 17.4 Å². The maximum Gasteiger partial charge on any atom is 0.341 e. The number of thiophene rings is 1. The van der Waals surface area contributed by atoms with Crippen LogP contribution in [0.3, 0.4) is 0 Å². The molecule has 2 heterocycles. The minimum Gasteiger partial charge on any atom is -0.488 e. The second-order valence-corrected chi connectivity index (χ2v) is 11.1. The lowest BCUT2D eigenvalue weighted by Gasteiger charge is -2.27. The lowest BCUT2D eigenvalue weighted by Crippen LogP contribution is -2.29. The van der Waals surface area contributed by atoms with E-state index in [1.165, 1.54) is 5.56 Å². The maximum absolute atomic E-state index is 13.0. The van der Waals surface area contributed by atoms with Crippen molar-refractivity contribution in [1.82, 2.24) is 4.90 Å². The van der Waals surface area contributed by atoms with E-state index < -0.39 is 0 Å². The Morgan fingerprint density at radius 3 is 2.67 bits per heavy atom. The average molecular weight is 580 g/mol. The number of benzene rings is 3. The third-order valence-corrected chi connectivity index (χ3v) is 8.20. The molecule has 0 saturated carbocycles. The number of halogens is 2. The van der Waals surface area contributed by atoms with Gasteiger partial charge in [0.15, 0.2) is 0 Å². The number of carbonyl (C=O) groups excluding carboxylic acids is 1. The zero-order chi connectivity index (χ0) is 27.2. The van der Waals surface area contributed by atoms with Gasteiger partial charge in [0.05, 0.1) is 12.2 Å². The zero-order valence-corrected chi connectivity index (χ0v) is 23.9. The highest BCUT2D eigenvalue weighted by Gasteiger charge is 2.28. The molecule has 0 unspecified atom stereocenters. The van der Waals surface area contributed by atoms with E-state index in [0.29, 0.717) is 39.6 Å². The van der Waals surface area contributed by atoms with Gasteiger partial charge in [-0.05, 0) is 48.7 Å². The van der Waals surface area contributed by atoms with Gasteiger partial charge in [0.2, 0.25) is 0 Å².